The van der Waals surface area contributed by atoms with Gasteiger partial charge in [0.1, 0.15) is 0 Å². The molecule has 4 rings (SSSR count). The van der Waals surface area contributed by atoms with Crippen LogP contribution in [0, 0.1) is 52.3 Å². The maximum atomic E-state index is 10.7. The molecule has 4 fully saturated rings. The highest BCUT2D eigenvalue weighted by atomic mass is 16.3. The molecule has 0 aromatic carbocycles. The van der Waals surface area contributed by atoms with Crippen molar-refractivity contribution in [1.29, 1.82) is 0 Å². The molecule has 0 aromatic rings. The lowest BCUT2D eigenvalue weighted by Gasteiger charge is -2.63. The van der Waals surface area contributed by atoms with Crippen LogP contribution in [0.25, 0.3) is 0 Å². The van der Waals surface area contributed by atoms with Crippen LogP contribution < -0.4 is 11.1 Å². The van der Waals surface area contributed by atoms with Crippen molar-refractivity contribution in [1.82, 2.24) is 5.32 Å². The number of unbranched alkanes of at least 4 members (excludes halogenated alkanes) is 9. The zero-order chi connectivity index (χ0) is 30.2. The molecule has 3 heteroatoms. The van der Waals surface area contributed by atoms with E-state index >= 15 is 0 Å². The Hall–Kier alpha value is -0.120. The van der Waals surface area contributed by atoms with Crippen LogP contribution in [0.4, 0.5) is 0 Å². The average Bonchev–Trinajstić information content (AvgIpc) is 3.31. The fourth-order valence-corrected chi connectivity index (χ4v) is 11.5. The van der Waals surface area contributed by atoms with Crippen molar-refractivity contribution in [2.45, 2.75) is 182 Å². The first-order chi connectivity index (χ1) is 20.2. The molecule has 0 heterocycles. The first-order valence-corrected chi connectivity index (χ1v) is 19.3. The summed E-state index contributed by atoms with van der Waals surface area (Å²) >= 11 is 0. The molecule has 0 spiro atoms. The van der Waals surface area contributed by atoms with Crippen molar-refractivity contribution < 1.29 is 5.11 Å². The predicted octanol–water partition coefficient (Wildman–Crippen LogP) is 9.90. The van der Waals surface area contributed by atoms with E-state index in [-0.39, 0.29) is 6.10 Å². The molecule has 4 N–H and O–H groups in total. The summed E-state index contributed by atoms with van der Waals surface area (Å²) in [6, 6.07) is 0.673. The quantitative estimate of drug-likeness (QED) is 0.140. The van der Waals surface area contributed by atoms with Crippen LogP contribution in [0.1, 0.15) is 169 Å². The van der Waals surface area contributed by atoms with E-state index in [1.54, 1.807) is 0 Å². The third-order valence-electron chi connectivity index (χ3n) is 13.9. The summed E-state index contributed by atoms with van der Waals surface area (Å²) in [6.45, 7) is 14.9. The van der Waals surface area contributed by atoms with Crippen molar-refractivity contribution in [2.24, 2.45) is 58.0 Å². The topological polar surface area (TPSA) is 58.3 Å². The minimum absolute atomic E-state index is 0.0580. The molecule has 0 bridgehead atoms. The number of aliphatic hydroxyl groups is 1. The second-order valence-electron chi connectivity index (χ2n) is 17.1. The van der Waals surface area contributed by atoms with Crippen LogP contribution in [-0.4, -0.2) is 30.3 Å². The zero-order valence-electron chi connectivity index (χ0n) is 29.0. The Bertz CT molecular complexity index is 769. The number of nitrogens with one attached hydrogen (secondary N) is 1. The number of hydrogen-bond donors (Lipinski definition) is 3. The minimum atomic E-state index is -0.0580. The predicted molar refractivity (Wildman–Crippen MR) is 181 cm³/mol. The lowest BCUT2D eigenvalue weighted by molar-refractivity contribution is -0.142. The molecule has 4 aliphatic rings. The van der Waals surface area contributed by atoms with Crippen LogP contribution in [0.2, 0.25) is 0 Å². The lowest BCUT2D eigenvalue weighted by atomic mass is 9.43. The summed E-state index contributed by atoms with van der Waals surface area (Å²) in [5, 5.41) is 14.9. The summed E-state index contributed by atoms with van der Waals surface area (Å²) in [5.74, 6) is 5.97. The summed E-state index contributed by atoms with van der Waals surface area (Å²) in [5.41, 5.74) is 6.62. The molecular weight excluding hydrogens is 512 g/mol. The molecule has 4 aliphatic carbocycles. The van der Waals surface area contributed by atoms with E-state index in [0.29, 0.717) is 22.8 Å². The summed E-state index contributed by atoms with van der Waals surface area (Å²) in [6.07, 6.45) is 28.4. The Morgan fingerprint density at radius 3 is 2.00 bits per heavy atom. The normalized spacial score (nSPS) is 38.7. The van der Waals surface area contributed by atoms with Crippen LogP contribution >= 0.6 is 0 Å². The lowest BCUT2D eigenvalue weighted by Crippen LogP contribution is -2.61. The summed E-state index contributed by atoms with van der Waals surface area (Å²) in [4.78, 5) is 0. The molecule has 0 amide bonds. The number of fused-ring (bicyclic) bond motifs is 5. The largest absolute Gasteiger partial charge is 0.393 e. The van der Waals surface area contributed by atoms with Gasteiger partial charge in [-0.05, 0) is 130 Å². The van der Waals surface area contributed by atoms with E-state index in [4.69, 9.17) is 5.73 Å². The Morgan fingerprint density at radius 2 is 1.33 bits per heavy atom. The number of rotatable bonds is 18. The van der Waals surface area contributed by atoms with Crippen LogP contribution in [-0.2, 0) is 0 Å². The number of hydrogen-bond acceptors (Lipinski definition) is 3. The third kappa shape index (κ3) is 8.37. The zero-order valence-corrected chi connectivity index (χ0v) is 29.0. The maximum absolute atomic E-state index is 10.7. The van der Waals surface area contributed by atoms with Gasteiger partial charge in [-0.2, -0.15) is 0 Å². The molecule has 42 heavy (non-hydrogen) atoms. The maximum Gasteiger partial charge on any atom is 0.0543 e. The van der Waals surface area contributed by atoms with Crippen LogP contribution in [0.3, 0.4) is 0 Å². The number of aliphatic hydroxyl groups excluding tert-OH is 1. The molecule has 0 aliphatic heterocycles. The van der Waals surface area contributed by atoms with E-state index in [9.17, 15) is 5.11 Å². The van der Waals surface area contributed by atoms with Gasteiger partial charge in [0, 0.05) is 6.04 Å². The average molecular weight is 587 g/mol. The van der Waals surface area contributed by atoms with Gasteiger partial charge in [-0.25, -0.2) is 0 Å². The van der Waals surface area contributed by atoms with Crippen molar-refractivity contribution in [3.63, 3.8) is 0 Å². The van der Waals surface area contributed by atoms with Crippen molar-refractivity contribution in [2.75, 3.05) is 13.1 Å². The third-order valence-corrected chi connectivity index (χ3v) is 13.9. The van der Waals surface area contributed by atoms with E-state index in [0.717, 1.165) is 54.9 Å². The van der Waals surface area contributed by atoms with Gasteiger partial charge in [0.15, 0.2) is 0 Å². The smallest absolute Gasteiger partial charge is 0.0543 e. The molecule has 0 aromatic heterocycles. The second-order valence-corrected chi connectivity index (χ2v) is 17.1. The first-order valence-electron chi connectivity index (χ1n) is 19.3. The van der Waals surface area contributed by atoms with Gasteiger partial charge >= 0.3 is 0 Å². The molecular formula is C39H74N2O. The van der Waals surface area contributed by atoms with Crippen LogP contribution in [0.15, 0.2) is 0 Å². The highest BCUT2D eigenvalue weighted by molar-refractivity contribution is 5.13. The molecule has 3 nitrogen and oxygen atoms in total. The SMILES string of the molecule is CC(C)CCC[C@@H](C)[C@H]1CC[C@H]2[C@@H]3[C@@H](NCCCCCCCCCCCCN)C[C@H]4C[C@@H](O)CC[C@]4(C)[C@H]3CC[C@]12C. The van der Waals surface area contributed by atoms with E-state index in [1.807, 2.05) is 0 Å². The Kier molecular flexibility index (Phi) is 13.6. The van der Waals surface area contributed by atoms with E-state index in [1.165, 1.54) is 129 Å². The van der Waals surface area contributed by atoms with Gasteiger partial charge in [-0.15, -0.1) is 0 Å². The van der Waals surface area contributed by atoms with Crippen LogP contribution in [0.5, 0.6) is 0 Å². The number of nitrogens with two attached hydrogens (primary N) is 1. The van der Waals surface area contributed by atoms with Gasteiger partial charge in [-0.1, -0.05) is 105 Å². The van der Waals surface area contributed by atoms with Crippen molar-refractivity contribution in [3.8, 4) is 0 Å². The van der Waals surface area contributed by atoms with Gasteiger partial charge in [0.2, 0.25) is 0 Å². The molecule has 4 saturated carbocycles. The second kappa shape index (κ2) is 16.4. The highest BCUT2D eigenvalue weighted by Crippen LogP contribution is 2.68. The van der Waals surface area contributed by atoms with E-state index < -0.39 is 0 Å². The molecule has 246 valence electrons. The minimum Gasteiger partial charge on any atom is -0.393 e. The molecule has 0 unspecified atom stereocenters. The standard InChI is InChI=1S/C39H74N2O/c1-29(2)17-16-18-30(3)33-19-20-34-37-35(22-24-39(33,34)5)38(4)23-21-32(42)27-31(38)28-36(37)41-26-15-13-11-9-7-6-8-10-12-14-25-40/h29-37,41-42H,6-28,40H2,1-5H3/t30-,31-,32+,33-,34+,35+,36+,37+,38+,39-/m1/s1. The summed E-state index contributed by atoms with van der Waals surface area (Å²) < 4.78 is 0. The molecule has 0 saturated heterocycles. The highest BCUT2D eigenvalue weighted by Gasteiger charge is 2.62. The van der Waals surface area contributed by atoms with Gasteiger partial charge in [-0.3, -0.25) is 0 Å². The summed E-state index contributed by atoms with van der Waals surface area (Å²) in [7, 11) is 0. The first kappa shape index (κ1) is 34.7. The molecule has 10 atom stereocenters. The van der Waals surface area contributed by atoms with Crippen molar-refractivity contribution >= 4 is 0 Å². The van der Waals surface area contributed by atoms with Gasteiger partial charge < -0.3 is 16.2 Å². The van der Waals surface area contributed by atoms with Gasteiger partial charge in [0.05, 0.1) is 6.10 Å². The Balaban J connectivity index is 1.33. The Morgan fingerprint density at radius 1 is 0.714 bits per heavy atom. The van der Waals surface area contributed by atoms with Gasteiger partial charge in [0.25, 0.3) is 0 Å². The van der Waals surface area contributed by atoms with E-state index in [2.05, 4.69) is 39.9 Å². The molecule has 0 radical (unpaired) electrons. The van der Waals surface area contributed by atoms with Crippen molar-refractivity contribution in [3.05, 3.63) is 0 Å². The monoisotopic (exact) mass is 587 g/mol. The fraction of sp³-hybridized carbons (Fsp3) is 1.00. The fourth-order valence-electron chi connectivity index (χ4n) is 11.5. The Labute approximate surface area is 262 Å².